The first-order valence-electron chi connectivity index (χ1n) is 16.3. The lowest BCUT2D eigenvalue weighted by Crippen LogP contribution is -2.34. The Morgan fingerprint density at radius 3 is 1.98 bits per heavy atom. The van der Waals surface area contributed by atoms with Crippen LogP contribution in [-0.2, 0) is 28.5 Å². The van der Waals surface area contributed by atoms with Gasteiger partial charge in [-0.1, -0.05) is 85.0 Å². The van der Waals surface area contributed by atoms with Gasteiger partial charge in [-0.2, -0.15) is 0 Å². The third-order valence-corrected chi connectivity index (χ3v) is 7.36. The van der Waals surface area contributed by atoms with Crippen molar-refractivity contribution < 1.29 is 33.3 Å². The Morgan fingerprint density at radius 2 is 1.38 bits per heavy atom. The van der Waals surface area contributed by atoms with Gasteiger partial charge in [0.05, 0.1) is 19.6 Å². The molecule has 0 spiro atoms. The number of hydrogen-bond donors (Lipinski definition) is 0. The molecule has 0 N–H and O–H groups in total. The van der Waals surface area contributed by atoms with Crippen molar-refractivity contribution in [3.8, 4) is 0 Å². The van der Waals surface area contributed by atoms with E-state index in [1.807, 2.05) is 6.92 Å². The van der Waals surface area contributed by atoms with Crippen LogP contribution in [0.15, 0.2) is 0 Å². The minimum atomic E-state index is -0.653. The normalized spacial score (nSPS) is 16.7. The van der Waals surface area contributed by atoms with Crippen molar-refractivity contribution in [1.82, 2.24) is 4.90 Å². The molecule has 0 saturated carbocycles. The van der Waals surface area contributed by atoms with Crippen LogP contribution in [0.3, 0.4) is 0 Å². The van der Waals surface area contributed by atoms with Gasteiger partial charge in [-0.25, -0.2) is 4.79 Å². The Labute approximate surface area is 245 Å². The van der Waals surface area contributed by atoms with Gasteiger partial charge in [0, 0.05) is 38.0 Å². The SMILES string of the molecule is CCCCCCCCOC(CCC(=O)OCC(C)COC(=O)OCC1CCCN(C)C1)OCCCCCCCC. The molecule has 1 heterocycles. The highest BCUT2D eigenvalue weighted by Crippen LogP contribution is 2.16. The van der Waals surface area contributed by atoms with Gasteiger partial charge in [-0.3, -0.25) is 4.79 Å². The van der Waals surface area contributed by atoms with E-state index in [0.29, 0.717) is 32.2 Å². The molecular weight excluding hydrogens is 510 g/mol. The molecule has 0 amide bonds. The quantitative estimate of drug-likeness (QED) is 0.0632. The van der Waals surface area contributed by atoms with Crippen LogP contribution >= 0.6 is 0 Å². The van der Waals surface area contributed by atoms with E-state index in [2.05, 4.69) is 25.8 Å². The van der Waals surface area contributed by atoms with Crippen LogP contribution in [0.25, 0.3) is 0 Å². The zero-order valence-electron chi connectivity index (χ0n) is 26.3. The highest BCUT2D eigenvalue weighted by molar-refractivity contribution is 5.69. The first kappa shape index (κ1) is 36.6. The zero-order chi connectivity index (χ0) is 29.3. The molecule has 236 valence electrons. The summed E-state index contributed by atoms with van der Waals surface area (Å²) in [5, 5.41) is 0. The van der Waals surface area contributed by atoms with Gasteiger partial charge in [-0.05, 0) is 39.3 Å². The number of unbranched alkanes of at least 4 members (excludes halogenated alkanes) is 10. The standard InChI is InChI=1S/C32H61NO7/c1-5-7-9-11-13-15-22-36-31(37-23-16-14-12-10-8-6-2)20-19-30(34)38-25-28(3)26-39-32(35)40-27-29-18-17-21-33(4)24-29/h28-29,31H,5-27H2,1-4H3. The highest BCUT2D eigenvalue weighted by atomic mass is 16.7. The average Bonchev–Trinajstić information content (AvgIpc) is 2.95. The predicted molar refractivity (Wildman–Crippen MR) is 159 cm³/mol. The highest BCUT2D eigenvalue weighted by Gasteiger charge is 2.20. The second kappa shape index (κ2) is 25.3. The van der Waals surface area contributed by atoms with Gasteiger partial charge in [0.2, 0.25) is 0 Å². The van der Waals surface area contributed by atoms with Crippen molar-refractivity contribution in [2.45, 2.75) is 130 Å². The molecule has 1 saturated heterocycles. The van der Waals surface area contributed by atoms with E-state index in [0.717, 1.165) is 51.6 Å². The summed E-state index contributed by atoms with van der Waals surface area (Å²) in [5.41, 5.74) is 0. The van der Waals surface area contributed by atoms with Gasteiger partial charge < -0.3 is 28.6 Å². The number of carbonyl (C=O) groups is 2. The lowest BCUT2D eigenvalue weighted by atomic mass is 10.00. The van der Waals surface area contributed by atoms with Crippen LogP contribution < -0.4 is 0 Å². The number of carbonyl (C=O) groups excluding carboxylic acids is 2. The number of nitrogens with zero attached hydrogens (tertiary/aromatic N) is 1. The maximum absolute atomic E-state index is 12.4. The van der Waals surface area contributed by atoms with Crippen molar-refractivity contribution in [3.05, 3.63) is 0 Å². The molecule has 2 atom stereocenters. The van der Waals surface area contributed by atoms with E-state index in [-0.39, 0.29) is 37.8 Å². The summed E-state index contributed by atoms with van der Waals surface area (Å²) in [6.07, 6.45) is 16.4. The van der Waals surface area contributed by atoms with Crippen LogP contribution in [0.1, 0.15) is 124 Å². The maximum atomic E-state index is 12.4. The second-order valence-corrected chi connectivity index (χ2v) is 11.7. The fourth-order valence-corrected chi connectivity index (χ4v) is 4.85. The van der Waals surface area contributed by atoms with Crippen molar-refractivity contribution in [2.75, 3.05) is 53.2 Å². The van der Waals surface area contributed by atoms with Crippen molar-refractivity contribution >= 4 is 12.1 Å². The summed E-state index contributed by atoms with van der Waals surface area (Å²) < 4.78 is 27.9. The fraction of sp³-hybridized carbons (Fsp3) is 0.938. The van der Waals surface area contributed by atoms with Crippen molar-refractivity contribution in [2.24, 2.45) is 11.8 Å². The largest absolute Gasteiger partial charge is 0.508 e. The Kier molecular flexibility index (Phi) is 23.2. The average molecular weight is 572 g/mol. The van der Waals surface area contributed by atoms with E-state index in [1.54, 1.807) is 0 Å². The lowest BCUT2D eigenvalue weighted by Gasteiger charge is -2.29. The van der Waals surface area contributed by atoms with E-state index < -0.39 is 6.16 Å². The van der Waals surface area contributed by atoms with E-state index in [9.17, 15) is 9.59 Å². The molecular formula is C32H61NO7. The fourth-order valence-electron chi connectivity index (χ4n) is 4.85. The number of esters is 1. The molecule has 0 aliphatic carbocycles. The van der Waals surface area contributed by atoms with Gasteiger partial charge in [0.25, 0.3) is 0 Å². The molecule has 1 rings (SSSR count). The third-order valence-electron chi connectivity index (χ3n) is 7.36. The summed E-state index contributed by atoms with van der Waals surface area (Å²) in [6.45, 7) is 10.4. The number of hydrogen-bond acceptors (Lipinski definition) is 8. The number of piperidine rings is 1. The number of likely N-dealkylation sites (tertiary alicyclic amines) is 1. The van der Waals surface area contributed by atoms with Crippen LogP contribution in [0.5, 0.6) is 0 Å². The molecule has 0 aromatic heterocycles. The molecule has 0 radical (unpaired) electrons. The van der Waals surface area contributed by atoms with Gasteiger partial charge in [0.15, 0.2) is 6.29 Å². The van der Waals surface area contributed by atoms with Gasteiger partial charge >= 0.3 is 12.1 Å². The van der Waals surface area contributed by atoms with Crippen molar-refractivity contribution in [1.29, 1.82) is 0 Å². The first-order valence-corrected chi connectivity index (χ1v) is 16.3. The summed E-state index contributed by atoms with van der Waals surface area (Å²) >= 11 is 0. The smallest absolute Gasteiger partial charge is 0.465 e. The summed E-state index contributed by atoms with van der Waals surface area (Å²) in [6, 6.07) is 0. The molecule has 40 heavy (non-hydrogen) atoms. The molecule has 8 nitrogen and oxygen atoms in total. The summed E-state index contributed by atoms with van der Waals surface area (Å²) in [7, 11) is 2.08. The van der Waals surface area contributed by atoms with Crippen molar-refractivity contribution in [3.63, 3.8) is 0 Å². The van der Waals surface area contributed by atoms with E-state index in [1.165, 1.54) is 51.4 Å². The number of ether oxygens (including phenoxy) is 5. The monoisotopic (exact) mass is 571 g/mol. The number of rotatable bonds is 25. The first-order chi connectivity index (χ1) is 19.4. The van der Waals surface area contributed by atoms with Crippen LogP contribution in [0.2, 0.25) is 0 Å². The predicted octanol–water partition coefficient (Wildman–Crippen LogP) is 7.52. The zero-order valence-corrected chi connectivity index (χ0v) is 26.3. The molecule has 0 bridgehead atoms. The molecule has 0 aromatic carbocycles. The minimum absolute atomic E-state index is 0.110. The van der Waals surface area contributed by atoms with Gasteiger partial charge in [0.1, 0.15) is 6.61 Å². The molecule has 1 aliphatic rings. The Balaban J connectivity index is 2.22. The molecule has 1 fully saturated rings. The third kappa shape index (κ3) is 21.4. The Morgan fingerprint density at radius 1 is 0.800 bits per heavy atom. The molecule has 1 aliphatic heterocycles. The maximum Gasteiger partial charge on any atom is 0.508 e. The molecule has 0 aromatic rings. The van der Waals surface area contributed by atoms with E-state index in [4.69, 9.17) is 23.7 Å². The summed E-state index contributed by atoms with van der Waals surface area (Å²) in [5.74, 6) is -0.0359. The van der Waals surface area contributed by atoms with E-state index >= 15 is 0 Å². The summed E-state index contributed by atoms with van der Waals surface area (Å²) in [4.78, 5) is 26.6. The topological polar surface area (TPSA) is 83.5 Å². The van der Waals surface area contributed by atoms with Crippen LogP contribution in [0.4, 0.5) is 4.79 Å². The minimum Gasteiger partial charge on any atom is -0.465 e. The second-order valence-electron chi connectivity index (χ2n) is 11.7. The lowest BCUT2D eigenvalue weighted by molar-refractivity contribution is -0.160. The Hall–Kier alpha value is -1.38. The van der Waals surface area contributed by atoms with Crippen LogP contribution in [0, 0.1) is 11.8 Å². The molecule has 8 heteroatoms. The Bertz CT molecular complexity index is 600. The van der Waals surface area contributed by atoms with Crippen LogP contribution in [-0.4, -0.2) is 76.5 Å². The molecule has 2 unspecified atom stereocenters. The van der Waals surface area contributed by atoms with Gasteiger partial charge in [-0.15, -0.1) is 0 Å².